The normalized spacial score (nSPS) is 19.1. The molecular weight excluding hydrogens is 452 g/mol. The highest BCUT2D eigenvalue weighted by atomic mass is 32.1. The highest BCUT2D eigenvalue weighted by Crippen LogP contribution is 2.28. The van der Waals surface area contributed by atoms with Crippen LogP contribution in [0.15, 0.2) is 29.8 Å². The Morgan fingerprint density at radius 1 is 1.24 bits per heavy atom. The van der Waals surface area contributed by atoms with E-state index in [0.29, 0.717) is 6.54 Å². The number of aryl methyl sites for hydroxylation is 1. The van der Waals surface area contributed by atoms with Gasteiger partial charge in [0.15, 0.2) is 0 Å². The average Bonchev–Trinajstić information content (AvgIpc) is 3.40. The SMILES string of the molecule is CCC(=O)N[C@H](C(=O)N1C[C@H](O)CC1C(=O)NCc1ccc(-c2scnc2C)cc1)C(C)(C)C. The van der Waals surface area contributed by atoms with Crippen LogP contribution in [0, 0.1) is 12.3 Å². The van der Waals surface area contributed by atoms with Gasteiger partial charge in [0.2, 0.25) is 17.7 Å². The molecule has 2 aromatic rings. The molecular formula is C25H34N4O4S. The summed E-state index contributed by atoms with van der Waals surface area (Å²) >= 11 is 1.59. The highest BCUT2D eigenvalue weighted by Gasteiger charge is 2.44. The molecule has 0 spiro atoms. The van der Waals surface area contributed by atoms with Gasteiger partial charge in [0, 0.05) is 25.9 Å². The van der Waals surface area contributed by atoms with Gasteiger partial charge in [0.1, 0.15) is 12.1 Å². The summed E-state index contributed by atoms with van der Waals surface area (Å²) < 4.78 is 0. The van der Waals surface area contributed by atoms with E-state index in [1.54, 1.807) is 18.3 Å². The van der Waals surface area contributed by atoms with Gasteiger partial charge < -0.3 is 20.6 Å². The number of carbonyl (C=O) groups excluding carboxylic acids is 3. The maximum atomic E-state index is 13.4. The summed E-state index contributed by atoms with van der Waals surface area (Å²) in [4.78, 5) is 45.2. The van der Waals surface area contributed by atoms with Crippen LogP contribution in [0.4, 0.5) is 0 Å². The second-order valence-corrected chi connectivity index (χ2v) is 10.7. The monoisotopic (exact) mass is 486 g/mol. The highest BCUT2D eigenvalue weighted by molar-refractivity contribution is 7.13. The van der Waals surface area contributed by atoms with Crippen molar-refractivity contribution in [3.63, 3.8) is 0 Å². The molecule has 3 amide bonds. The fourth-order valence-electron chi connectivity index (χ4n) is 4.04. The number of aliphatic hydroxyl groups is 1. The van der Waals surface area contributed by atoms with Crippen LogP contribution in [0.25, 0.3) is 10.4 Å². The zero-order valence-corrected chi connectivity index (χ0v) is 21.2. The fraction of sp³-hybridized carbons (Fsp3) is 0.520. The molecule has 3 N–H and O–H groups in total. The third-order valence-corrected chi connectivity index (χ3v) is 7.01. The first-order valence-corrected chi connectivity index (χ1v) is 12.4. The van der Waals surface area contributed by atoms with Crippen molar-refractivity contribution < 1.29 is 19.5 Å². The van der Waals surface area contributed by atoms with Crippen LogP contribution in [0.2, 0.25) is 0 Å². The van der Waals surface area contributed by atoms with Crippen LogP contribution >= 0.6 is 11.3 Å². The lowest BCUT2D eigenvalue weighted by molar-refractivity contribution is -0.144. The number of nitrogens with zero attached hydrogens (tertiary/aromatic N) is 2. The number of rotatable bonds is 7. The Hall–Kier alpha value is -2.78. The molecule has 1 saturated heterocycles. The van der Waals surface area contributed by atoms with Crippen LogP contribution in [0.5, 0.6) is 0 Å². The van der Waals surface area contributed by atoms with Crippen molar-refractivity contribution >= 4 is 29.1 Å². The number of hydrogen-bond acceptors (Lipinski definition) is 6. The van der Waals surface area contributed by atoms with Crippen molar-refractivity contribution in [3.05, 3.63) is 41.0 Å². The van der Waals surface area contributed by atoms with Gasteiger partial charge in [-0.3, -0.25) is 14.4 Å². The number of thiazole rings is 1. The largest absolute Gasteiger partial charge is 0.391 e. The van der Waals surface area contributed by atoms with Gasteiger partial charge in [-0.1, -0.05) is 52.0 Å². The molecule has 0 bridgehead atoms. The second kappa shape index (κ2) is 10.7. The number of amides is 3. The fourth-order valence-corrected chi connectivity index (χ4v) is 4.86. The molecule has 1 aromatic heterocycles. The number of hydrogen-bond donors (Lipinski definition) is 3. The van der Waals surface area contributed by atoms with E-state index in [0.717, 1.165) is 21.7 Å². The van der Waals surface area contributed by atoms with E-state index in [2.05, 4.69) is 15.6 Å². The molecule has 1 unspecified atom stereocenters. The minimum atomic E-state index is -0.789. The summed E-state index contributed by atoms with van der Waals surface area (Å²) in [5.41, 5.74) is 4.26. The maximum Gasteiger partial charge on any atom is 0.246 e. The van der Waals surface area contributed by atoms with E-state index >= 15 is 0 Å². The molecule has 2 heterocycles. The Balaban J connectivity index is 1.67. The molecule has 8 nitrogen and oxygen atoms in total. The van der Waals surface area contributed by atoms with Gasteiger partial charge in [-0.25, -0.2) is 4.98 Å². The number of nitrogens with one attached hydrogen (secondary N) is 2. The molecule has 34 heavy (non-hydrogen) atoms. The van der Waals surface area contributed by atoms with Gasteiger partial charge in [-0.15, -0.1) is 11.3 Å². The molecule has 1 aromatic carbocycles. The maximum absolute atomic E-state index is 13.4. The summed E-state index contributed by atoms with van der Waals surface area (Å²) in [7, 11) is 0. The zero-order chi connectivity index (χ0) is 25.0. The zero-order valence-electron chi connectivity index (χ0n) is 20.4. The summed E-state index contributed by atoms with van der Waals surface area (Å²) in [5, 5.41) is 15.9. The van der Waals surface area contributed by atoms with Crippen molar-refractivity contribution in [2.75, 3.05) is 6.54 Å². The topological polar surface area (TPSA) is 112 Å². The summed E-state index contributed by atoms with van der Waals surface area (Å²) in [6.45, 7) is 9.67. The van der Waals surface area contributed by atoms with E-state index in [4.69, 9.17) is 0 Å². The van der Waals surface area contributed by atoms with Crippen molar-refractivity contribution in [2.45, 2.75) is 72.2 Å². The van der Waals surface area contributed by atoms with Crippen LogP contribution in [-0.4, -0.2) is 57.4 Å². The predicted octanol–water partition coefficient (Wildman–Crippen LogP) is 2.64. The second-order valence-electron chi connectivity index (χ2n) is 9.80. The number of carbonyl (C=O) groups is 3. The summed E-state index contributed by atoms with van der Waals surface area (Å²) in [6, 6.07) is 6.34. The van der Waals surface area contributed by atoms with Crippen LogP contribution < -0.4 is 10.6 Å². The minimum absolute atomic E-state index is 0.0639. The van der Waals surface area contributed by atoms with Crippen LogP contribution in [-0.2, 0) is 20.9 Å². The molecule has 1 fully saturated rings. The third-order valence-electron chi connectivity index (χ3n) is 6.03. The van der Waals surface area contributed by atoms with E-state index in [1.807, 2.05) is 57.5 Å². The van der Waals surface area contributed by atoms with Gasteiger partial charge in [-0.2, -0.15) is 0 Å². The first-order chi connectivity index (χ1) is 16.0. The quantitative estimate of drug-likeness (QED) is 0.557. The average molecular weight is 487 g/mol. The molecule has 184 valence electrons. The van der Waals surface area contributed by atoms with Gasteiger partial charge >= 0.3 is 0 Å². The summed E-state index contributed by atoms with van der Waals surface area (Å²) in [5.74, 6) is -0.900. The minimum Gasteiger partial charge on any atom is -0.391 e. The molecule has 0 saturated carbocycles. The Labute approximate surface area is 204 Å². The Morgan fingerprint density at radius 2 is 1.91 bits per heavy atom. The lowest BCUT2D eigenvalue weighted by Gasteiger charge is -2.35. The van der Waals surface area contributed by atoms with Gasteiger partial charge in [-0.05, 0) is 23.5 Å². The van der Waals surface area contributed by atoms with Crippen LogP contribution in [0.3, 0.4) is 0 Å². The molecule has 3 atom stereocenters. The molecule has 1 aliphatic heterocycles. The number of aromatic nitrogens is 1. The molecule has 0 aliphatic carbocycles. The standard InChI is InChI=1S/C25H34N4O4S/c1-6-20(31)28-22(25(3,4)5)24(33)29-13-18(30)11-19(29)23(32)26-12-16-7-9-17(10-8-16)21-15(2)27-14-34-21/h7-10,14,18-19,22,30H,6,11-13H2,1-5H3,(H,26,32)(H,28,31)/t18-,19?,22-/m1/s1. The first kappa shape index (κ1) is 25.8. The van der Waals surface area contributed by atoms with E-state index in [9.17, 15) is 19.5 Å². The molecule has 0 radical (unpaired) electrons. The number of aliphatic hydroxyl groups excluding tert-OH is 1. The van der Waals surface area contributed by atoms with E-state index in [1.165, 1.54) is 4.90 Å². The first-order valence-electron chi connectivity index (χ1n) is 11.6. The molecule has 3 rings (SSSR count). The number of likely N-dealkylation sites (tertiary alicyclic amines) is 1. The smallest absolute Gasteiger partial charge is 0.246 e. The summed E-state index contributed by atoms with van der Waals surface area (Å²) in [6.07, 6.45) is -0.364. The van der Waals surface area contributed by atoms with Gasteiger partial charge in [0.25, 0.3) is 0 Å². The number of β-amino-alcohol motifs (C(OH)–C–C–N with tert-alkyl or cyclic N) is 1. The third kappa shape index (κ3) is 6.01. The van der Waals surface area contributed by atoms with Crippen molar-refractivity contribution in [3.8, 4) is 10.4 Å². The van der Waals surface area contributed by atoms with Crippen LogP contribution in [0.1, 0.15) is 51.8 Å². The Bertz CT molecular complexity index is 1030. The van der Waals surface area contributed by atoms with Gasteiger partial charge in [0.05, 0.1) is 22.2 Å². The molecule has 9 heteroatoms. The van der Waals surface area contributed by atoms with E-state index in [-0.39, 0.29) is 37.1 Å². The molecule has 1 aliphatic rings. The number of benzene rings is 1. The van der Waals surface area contributed by atoms with Crippen molar-refractivity contribution in [1.29, 1.82) is 0 Å². The predicted molar refractivity (Wildman–Crippen MR) is 132 cm³/mol. The van der Waals surface area contributed by atoms with E-state index < -0.39 is 23.6 Å². The van der Waals surface area contributed by atoms with Crippen molar-refractivity contribution in [2.24, 2.45) is 5.41 Å². The lowest BCUT2D eigenvalue weighted by Crippen LogP contribution is -2.57. The Kier molecular flexibility index (Phi) is 8.09. The Morgan fingerprint density at radius 3 is 2.47 bits per heavy atom. The lowest BCUT2D eigenvalue weighted by atomic mass is 9.85. The van der Waals surface area contributed by atoms with Crippen molar-refractivity contribution in [1.82, 2.24) is 20.5 Å².